The molecule has 4 aromatic rings. The zero-order valence-corrected chi connectivity index (χ0v) is 17.1. The maximum Gasteiger partial charge on any atom is 0.296 e. The molecule has 5 nitrogen and oxygen atoms in total. The van der Waals surface area contributed by atoms with E-state index in [1.54, 1.807) is 30.3 Å². The molecule has 0 bridgehead atoms. The second-order valence-electron chi connectivity index (χ2n) is 7.44. The molecule has 0 unspecified atom stereocenters. The minimum Gasteiger partial charge on any atom is -0.450 e. The molecule has 1 aliphatic heterocycles. The van der Waals surface area contributed by atoms with Gasteiger partial charge in [-0.2, -0.15) is 0 Å². The van der Waals surface area contributed by atoms with Crippen molar-refractivity contribution in [2.75, 3.05) is 4.90 Å². The lowest BCUT2D eigenvalue weighted by molar-refractivity contribution is 0.0970. The Morgan fingerprint density at radius 1 is 1.00 bits per heavy atom. The molecule has 0 aliphatic carbocycles. The van der Waals surface area contributed by atoms with Gasteiger partial charge in [0.2, 0.25) is 5.76 Å². The average Bonchev–Trinajstić information content (AvgIpc) is 3.02. The number of nitrogens with zero attached hydrogens (tertiary/aromatic N) is 2. The highest BCUT2D eigenvalue weighted by Crippen LogP contribution is 2.40. The Bertz CT molecular complexity index is 1380. The van der Waals surface area contributed by atoms with Gasteiger partial charge < -0.3 is 4.42 Å². The number of halogens is 1. The highest BCUT2D eigenvalue weighted by Gasteiger charge is 2.44. The van der Waals surface area contributed by atoms with Crippen molar-refractivity contribution < 1.29 is 9.21 Å². The van der Waals surface area contributed by atoms with Crippen molar-refractivity contribution in [3.8, 4) is 0 Å². The average molecular weight is 417 g/mol. The highest BCUT2D eigenvalue weighted by molar-refractivity contribution is 6.30. The van der Waals surface area contributed by atoms with E-state index in [9.17, 15) is 9.59 Å². The molecule has 0 fully saturated rings. The van der Waals surface area contributed by atoms with Crippen LogP contribution in [-0.4, -0.2) is 10.9 Å². The highest BCUT2D eigenvalue weighted by atomic mass is 35.5. The molecule has 0 saturated carbocycles. The van der Waals surface area contributed by atoms with Crippen LogP contribution in [0.5, 0.6) is 0 Å². The van der Waals surface area contributed by atoms with E-state index < -0.39 is 6.04 Å². The van der Waals surface area contributed by atoms with E-state index in [2.05, 4.69) is 4.98 Å². The van der Waals surface area contributed by atoms with E-state index in [1.165, 1.54) is 4.90 Å². The van der Waals surface area contributed by atoms with Gasteiger partial charge in [0.05, 0.1) is 17.0 Å². The van der Waals surface area contributed by atoms with E-state index in [1.807, 2.05) is 44.2 Å². The topological polar surface area (TPSA) is 63.4 Å². The van der Waals surface area contributed by atoms with Gasteiger partial charge in [-0.05, 0) is 55.8 Å². The van der Waals surface area contributed by atoms with Crippen LogP contribution in [0.4, 0.5) is 5.82 Å². The predicted molar refractivity (Wildman–Crippen MR) is 116 cm³/mol. The van der Waals surface area contributed by atoms with Crippen molar-refractivity contribution in [1.29, 1.82) is 0 Å². The summed E-state index contributed by atoms with van der Waals surface area (Å²) in [5, 5.41) is 1.03. The van der Waals surface area contributed by atoms with Gasteiger partial charge in [0.25, 0.3) is 5.91 Å². The van der Waals surface area contributed by atoms with Crippen molar-refractivity contribution in [3.05, 3.63) is 104 Å². The lowest BCUT2D eigenvalue weighted by atomic mass is 9.98. The van der Waals surface area contributed by atoms with Crippen LogP contribution < -0.4 is 10.3 Å². The van der Waals surface area contributed by atoms with Crippen LogP contribution >= 0.6 is 11.6 Å². The zero-order chi connectivity index (χ0) is 21.0. The van der Waals surface area contributed by atoms with Gasteiger partial charge in [-0.1, -0.05) is 41.4 Å². The monoisotopic (exact) mass is 416 g/mol. The van der Waals surface area contributed by atoms with Gasteiger partial charge in [0.1, 0.15) is 11.4 Å². The molecule has 1 aliphatic rings. The minimum absolute atomic E-state index is 0.0552. The van der Waals surface area contributed by atoms with E-state index in [0.29, 0.717) is 27.4 Å². The van der Waals surface area contributed by atoms with Crippen LogP contribution in [0, 0.1) is 13.8 Å². The number of aryl methyl sites for hydroxylation is 2. The molecule has 30 heavy (non-hydrogen) atoms. The summed E-state index contributed by atoms with van der Waals surface area (Å²) < 4.78 is 5.96. The Kier molecular flexibility index (Phi) is 4.22. The number of amides is 1. The summed E-state index contributed by atoms with van der Waals surface area (Å²) in [6.45, 7) is 3.77. The third kappa shape index (κ3) is 2.82. The van der Waals surface area contributed by atoms with E-state index in [-0.39, 0.29) is 17.1 Å². The number of hydrogen-bond donors (Lipinski definition) is 0. The number of pyridine rings is 1. The first-order chi connectivity index (χ1) is 14.4. The molecular weight excluding hydrogens is 400 g/mol. The standard InChI is InChI=1S/C24H17ClN2O3/c1-13-6-11-18-17(12-13)22(28)20-21(15-7-9-16(25)10-8-15)27(24(29)23(20)30-18)19-5-3-4-14(2)26-19/h3-12,21H,1-2H3/t21-/m0/s1. The summed E-state index contributed by atoms with van der Waals surface area (Å²) in [7, 11) is 0. The number of aromatic nitrogens is 1. The first kappa shape index (κ1) is 18.6. The fraction of sp³-hybridized carbons (Fsp3) is 0.125. The molecule has 3 heterocycles. The smallest absolute Gasteiger partial charge is 0.296 e. The normalized spacial score (nSPS) is 15.6. The van der Waals surface area contributed by atoms with Crippen LogP contribution in [0.15, 0.2) is 69.9 Å². The van der Waals surface area contributed by atoms with Crippen LogP contribution in [0.2, 0.25) is 5.02 Å². The zero-order valence-electron chi connectivity index (χ0n) is 16.3. The number of benzene rings is 2. The van der Waals surface area contributed by atoms with Gasteiger partial charge in [0, 0.05) is 10.7 Å². The first-order valence-electron chi connectivity index (χ1n) is 9.54. The molecule has 148 valence electrons. The quantitative estimate of drug-likeness (QED) is 0.450. The number of carbonyl (C=O) groups is 1. The Morgan fingerprint density at radius 2 is 1.77 bits per heavy atom. The van der Waals surface area contributed by atoms with E-state index in [0.717, 1.165) is 16.8 Å². The van der Waals surface area contributed by atoms with Crippen molar-refractivity contribution in [1.82, 2.24) is 4.98 Å². The fourth-order valence-corrected chi connectivity index (χ4v) is 4.07. The summed E-state index contributed by atoms with van der Waals surface area (Å²) in [5.41, 5.74) is 2.98. The second kappa shape index (κ2) is 6.82. The molecular formula is C24H17ClN2O3. The largest absolute Gasteiger partial charge is 0.450 e. The van der Waals surface area contributed by atoms with Crippen LogP contribution in [0.25, 0.3) is 11.0 Å². The predicted octanol–water partition coefficient (Wildman–Crippen LogP) is 5.21. The summed E-state index contributed by atoms with van der Waals surface area (Å²) in [6, 6.07) is 17.3. The van der Waals surface area contributed by atoms with Crippen molar-refractivity contribution in [2.24, 2.45) is 0 Å². The number of carbonyl (C=O) groups excluding carboxylic acids is 1. The molecule has 5 rings (SSSR count). The van der Waals surface area contributed by atoms with Crippen molar-refractivity contribution in [2.45, 2.75) is 19.9 Å². The van der Waals surface area contributed by atoms with Gasteiger partial charge >= 0.3 is 0 Å². The van der Waals surface area contributed by atoms with E-state index >= 15 is 0 Å². The minimum atomic E-state index is -0.653. The molecule has 0 spiro atoms. The molecule has 1 amide bonds. The third-order valence-corrected chi connectivity index (χ3v) is 5.58. The third-order valence-electron chi connectivity index (χ3n) is 5.33. The van der Waals surface area contributed by atoms with Crippen LogP contribution in [0.1, 0.15) is 39.0 Å². The second-order valence-corrected chi connectivity index (χ2v) is 7.88. The van der Waals surface area contributed by atoms with Crippen molar-refractivity contribution in [3.63, 3.8) is 0 Å². The summed E-state index contributed by atoms with van der Waals surface area (Å²) in [6.07, 6.45) is 0. The summed E-state index contributed by atoms with van der Waals surface area (Å²) in [5.74, 6) is 0.133. The lowest BCUT2D eigenvalue weighted by Crippen LogP contribution is -2.30. The van der Waals surface area contributed by atoms with Crippen LogP contribution in [0.3, 0.4) is 0 Å². The molecule has 0 saturated heterocycles. The number of fused-ring (bicyclic) bond motifs is 2. The Balaban J connectivity index is 1.83. The van der Waals surface area contributed by atoms with Crippen LogP contribution in [-0.2, 0) is 0 Å². The Morgan fingerprint density at radius 3 is 2.50 bits per heavy atom. The van der Waals surface area contributed by atoms with Gasteiger partial charge in [0.15, 0.2) is 5.43 Å². The van der Waals surface area contributed by atoms with Crippen molar-refractivity contribution >= 4 is 34.3 Å². The number of anilines is 1. The first-order valence-corrected chi connectivity index (χ1v) is 9.92. The summed E-state index contributed by atoms with van der Waals surface area (Å²) in [4.78, 5) is 33.0. The summed E-state index contributed by atoms with van der Waals surface area (Å²) >= 11 is 6.08. The van der Waals surface area contributed by atoms with Gasteiger partial charge in [-0.15, -0.1) is 0 Å². The molecule has 0 radical (unpaired) electrons. The molecule has 6 heteroatoms. The maximum atomic E-state index is 13.5. The molecule has 2 aromatic carbocycles. The SMILES string of the molecule is Cc1ccc2oc3c(c(=O)c2c1)[C@H](c1ccc(Cl)cc1)N(c1cccc(C)n1)C3=O. The maximum absolute atomic E-state index is 13.5. The Labute approximate surface area is 177 Å². The molecule has 2 aromatic heterocycles. The van der Waals surface area contributed by atoms with E-state index in [4.69, 9.17) is 16.0 Å². The molecule has 0 N–H and O–H groups in total. The lowest BCUT2D eigenvalue weighted by Gasteiger charge is -2.24. The van der Waals surface area contributed by atoms with Gasteiger partial charge in [-0.25, -0.2) is 4.98 Å². The Hall–Kier alpha value is -3.44. The van der Waals surface area contributed by atoms with Gasteiger partial charge in [-0.3, -0.25) is 14.5 Å². The number of rotatable bonds is 2. The fourth-order valence-electron chi connectivity index (χ4n) is 3.95. The molecule has 1 atom stereocenters. The number of hydrogen-bond acceptors (Lipinski definition) is 4.